The Kier molecular flexibility index (Phi) is 6.54. The van der Waals surface area contributed by atoms with Gasteiger partial charge in [0.05, 0.1) is 35.8 Å². The molecule has 3 heterocycles. The van der Waals surface area contributed by atoms with Crippen LogP contribution >= 0.6 is 0 Å². The van der Waals surface area contributed by atoms with Crippen LogP contribution in [0.25, 0.3) is 33.1 Å². The Balaban J connectivity index is 1.35. The first-order chi connectivity index (χ1) is 18.7. The normalized spacial score (nSPS) is 11.6. The van der Waals surface area contributed by atoms with Crippen molar-refractivity contribution in [1.29, 1.82) is 0 Å². The van der Waals surface area contributed by atoms with Crippen molar-refractivity contribution in [3.8, 4) is 11.3 Å². The fourth-order valence-corrected chi connectivity index (χ4v) is 4.82. The van der Waals surface area contributed by atoms with E-state index in [1.54, 1.807) is 6.33 Å². The van der Waals surface area contributed by atoms with Gasteiger partial charge in [0, 0.05) is 22.9 Å². The van der Waals surface area contributed by atoms with Gasteiger partial charge in [0.15, 0.2) is 5.82 Å². The fourth-order valence-electron chi connectivity index (χ4n) is 4.82. The van der Waals surface area contributed by atoms with Crippen LogP contribution < -0.4 is 5.32 Å². The summed E-state index contributed by atoms with van der Waals surface area (Å²) in [5, 5.41) is 10.5. The average molecular weight is 503 g/mol. The number of imidazole rings is 1. The molecule has 0 saturated heterocycles. The maximum atomic E-state index is 4.95. The van der Waals surface area contributed by atoms with E-state index in [0.29, 0.717) is 6.54 Å². The summed E-state index contributed by atoms with van der Waals surface area (Å²) >= 11 is 0. The summed E-state index contributed by atoms with van der Waals surface area (Å²) < 4.78 is 4.24. The molecule has 8 nitrogen and oxygen atoms in total. The molecule has 3 aromatic carbocycles. The van der Waals surface area contributed by atoms with Crippen LogP contribution in [0.1, 0.15) is 12.0 Å². The van der Waals surface area contributed by atoms with Crippen LogP contribution in [0.15, 0.2) is 91.6 Å². The second kappa shape index (κ2) is 10.4. The van der Waals surface area contributed by atoms with Crippen molar-refractivity contribution in [2.24, 2.45) is 0 Å². The molecule has 6 aromatic rings. The molecule has 6 rings (SSSR count). The van der Waals surface area contributed by atoms with Gasteiger partial charge in [-0.2, -0.15) is 5.10 Å². The highest BCUT2D eigenvalue weighted by atomic mass is 15.3. The number of hydrogen-bond acceptors (Lipinski definition) is 6. The van der Waals surface area contributed by atoms with E-state index in [0.717, 1.165) is 64.2 Å². The maximum absolute atomic E-state index is 4.95. The molecule has 190 valence electrons. The molecule has 0 saturated carbocycles. The van der Waals surface area contributed by atoms with Gasteiger partial charge < -0.3 is 14.8 Å². The van der Waals surface area contributed by atoms with E-state index in [2.05, 4.69) is 92.4 Å². The van der Waals surface area contributed by atoms with Gasteiger partial charge in [0.1, 0.15) is 12.1 Å². The van der Waals surface area contributed by atoms with Crippen molar-refractivity contribution in [3.05, 3.63) is 97.2 Å². The van der Waals surface area contributed by atoms with E-state index in [4.69, 9.17) is 5.10 Å². The van der Waals surface area contributed by atoms with Crippen molar-refractivity contribution in [3.63, 3.8) is 0 Å². The van der Waals surface area contributed by atoms with Gasteiger partial charge in [-0.05, 0) is 56.9 Å². The van der Waals surface area contributed by atoms with Gasteiger partial charge in [-0.15, -0.1) is 0 Å². The molecule has 3 aromatic heterocycles. The van der Waals surface area contributed by atoms with Gasteiger partial charge in [-0.3, -0.25) is 4.68 Å². The van der Waals surface area contributed by atoms with Gasteiger partial charge in [0.2, 0.25) is 0 Å². The van der Waals surface area contributed by atoms with Crippen molar-refractivity contribution in [1.82, 2.24) is 34.2 Å². The smallest absolute Gasteiger partial charge is 0.161 e. The molecule has 0 atom stereocenters. The maximum Gasteiger partial charge on any atom is 0.161 e. The van der Waals surface area contributed by atoms with Gasteiger partial charge in [-0.25, -0.2) is 15.0 Å². The van der Waals surface area contributed by atoms with Crippen LogP contribution in [0.2, 0.25) is 0 Å². The summed E-state index contributed by atoms with van der Waals surface area (Å²) in [5.74, 6) is 1.50. The Bertz CT molecular complexity index is 1680. The largest absolute Gasteiger partial charge is 0.331 e. The number of aromatic nitrogens is 6. The lowest BCUT2D eigenvalue weighted by molar-refractivity contribution is 0.387. The summed E-state index contributed by atoms with van der Waals surface area (Å²) in [4.78, 5) is 15.8. The molecule has 0 amide bonds. The Morgan fingerprint density at radius 3 is 2.58 bits per heavy atom. The van der Waals surface area contributed by atoms with E-state index in [9.17, 15) is 0 Å². The van der Waals surface area contributed by atoms with Crippen LogP contribution in [0.5, 0.6) is 0 Å². The van der Waals surface area contributed by atoms with Crippen molar-refractivity contribution in [2.45, 2.75) is 19.5 Å². The number of para-hydroxylation sites is 1. The lowest BCUT2D eigenvalue weighted by Crippen LogP contribution is -2.15. The zero-order valence-electron chi connectivity index (χ0n) is 21.6. The highest BCUT2D eigenvalue weighted by Crippen LogP contribution is 2.31. The summed E-state index contributed by atoms with van der Waals surface area (Å²) in [7, 11) is 4.20. The van der Waals surface area contributed by atoms with Gasteiger partial charge in [0.25, 0.3) is 0 Å². The van der Waals surface area contributed by atoms with Gasteiger partial charge in [-0.1, -0.05) is 48.5 Å². The van der Waals surface area contributed by atoms with E-state index in [-0.39, 0.29) is 0 Å². The second-order valence-electron chi connectivity index (χ2n) is 9.72. The molecule has 0 radical (unpaired) electrons. The third-order valence-corrected chi connectivity index (χ3v) is 6.72. The monoisotopic (exact) mass is 502 g/mol. The molecule has 38 heavy (non-hydrogen) atoms. The number of benzene rings is 3. The summed E-state index contributed by atoms with van der Waals surface area (Å²) in [6.07, 6.45) is 6.48. The highest BCUT2D eigenvalue weighted by Gasteiger charge is 2.14. The van der Waals surface area contributed by atoms with Crippen molar-refractivity contribution < 1.29 is 0 Å². The zero-order valence-corrected chi connectivity index (χ0v) is 21.6. The number of nitrogens with one attached hydrogen (secondary N) is 1. The predicted octanol–water partition coefficient (Wildman–Crippen LogP) is 5.59. The molecule has 1 N–H and O–H groups in total. The molecular formula is C30H30N8. The number of hydrogen-bond donors (Lipinski definition) is 1. The van der Waals surface area contributed by atoms with Crippen LogP contribution in [0.4, 0.5) is 11.6 Å². The SMILES string of the molecule is CN(C)CCCn1cncc1-c1ccc2ncnc(Nc3nn(Cc4ccccc4)c4ccccc34)c2c1. The Morgan fingerprint density at radius 1 is 0.868 bits per heavy atom. The Hall–Kier alpha value is -4.56. The van der Waals surface area contributed by atoms with E-state index < -0.39 is 0 Å². The van der Waals surface area contributed by atoms with Crippen molar-refractivity contribution >= 4 is 33.4 Å². The molecule has 0 fully saturated rings. The number of fused-ring (bicyclic) bond motifs is 2. The summed E-state index contributed by atoms with van der Waals surface area (Å²) in [6.45, 7) is 2.63. The minimum absolute atomic E-state index is 0.690. The highest BCUT2D eigenvalue weighted by molar-refractivity contribution is 5.97. The second-order valence-corrected chi connectivity index (χ2v) is 9.72. The molecule has 0 bridgehead atoms. The Morgan fingerprint density at radius 2 is 1.71 bits per heavy atom. The first-order valence-electron chi connectivity index (χ1n) is 12.8. The number of nitrogens with zero attached hydrogens (tertiary/aromatic N) is 7. The quantitative estimate of drug-likeness (QED) is 0.278. The molecular weight excluding hydrogens is 472 g/mol. The van der Waals surface area contributed by atoms with E-state index >= 15 is 0 Å². The van der Waals surface area contributed by atoms with Crippen LogP contribution in [0.3, 0.4) is 0 Å². The molecule has 0 aliphatic heterocycles. The lowest BCUT2D eigenvalue weighted by atomic mass is 10.1. The van der Waals surface area contributed by atoms with E-state index in [1.165, 1.54) is 5.56 Å². The minimum Gasteiger partial charge on any atom is -0.331 e. The first-order valence-corrected chi connectivity index (χ1v) is 12.8. The first kappa shape index (κ1) is 23.8. The predicted molar refractivity (Wildman–Crippen MR) is 152 cm³/mol. The minimum atomic E-state index is 0.690. The molecule has 0 aliphatic rings. The number of rotatable bonds is 9. The summed E-state index contributed by atoms with van der Waals surface area (Å²) in [6, 6.07) is 24.9. The zero-order chi connectivity index (χ0) is 25.9. The van der Waals surface area contributed by atoms with E-state index in [1.807, 2.05) is 41.5 Å². The van der Waals surface area contributed by atoms with Crippen LogP contribution in [-0.4, -0.2) is 54.8 Å². The molecule has 0 spiro atoms. The Labute approximate surface area is 221 Å². The standard InChI is InChI=1S/C30H30N8/c1-36(2)15-8-16-37-21-31-18-28(37)23-13-14-26-25(17-23)29(33-20-32-26)34-30-24-11-6-7-12-27(24)38(35-30)19-22-9-4-3-5-10-22/h3-7,9-14,17-18,20-21H,8,15-16,19H2,1-2H3,(H,32,33,34,35). The lowest BCUT2D eigenvalue weighted by Gasteiger charge is -2.12. The average Bonchev–Trinajstić information content (AvgIpc) is 3.54. The molecule has 0 unspecified atom stereocenters. The third kappa shape index (κ3) is 4.86. The number of aryl methyl sites for hydroxylation is 1. The van der Waals surface area contributed by atoms with Crippen molar-refractivity contribution in [2.75, 3.05) is 26.0 Å². The fraction of sp³-hybridized carbons (Fsp3) is 0.200. The number of anilines is 2. The third-order valence-electron chi connectivity index (χ3n) is 6.72. The van der Waals surface area contributed by atoms with Crippen LogP contribution in [0, 0.1) is 0 Å². The topological polar surface area (TPSA) is 76.7 Å². The molecule has 0 aliphatic carbocycles. The van der Waals surface area contributed by atoms with Gasteiger partial charge >= 0.3 is 0 Å². The van der Waals surface area contributed by atoms with Crippen LogP contribution in [-0.2, 0) is 13.1 Å². The summed E-state index contributed by atoms with van der Waals surface area (Å²) in [5.41, 5.74) is 5.30. The molecule has 8 heteroatoms.